The predicted octanol–water partition coefficient (Wildman–Crippen LogP) is 0.370. The fourth-order valence-corrected chi connectivity index (χ4v) is 2.45. The Labute approximate surface area is 125 Å². The van der Waals surface area contributed by atoms with Gasteiger partial charge in [-0.2, -0.15) is 5.48 Å². The van der Waals surface area contributed by atoms with Crippen LogP contribution in [0.1, 0.15) is 12.0 Å². The molecule has 0 fully saturated rings. The zero-order chi connectivity index (χ0) is 15.7. The summed E-state index contributed by atoms with van der Waals surface area (Å²) < 4.78 is 11.0. The van der Waals surface area contributed by atoms with E-state index in [1.807, 2.05) is 30.3 Å². The highest BCUT2D eigenvalue weighted by Gasteiger charge is 2.24. The minimum absolute atomic E-state index is 0.00757. The lowest BCUT2D eigenvalue weighted by Gasteiger charge is -2.22. The second-order valence-electron chi connectivity index (χ2n) is 4.99. The maximum absolute atomic E-state index is 11.0. The Morgan fingerprint density at radius 2 is 1.86 bits per heavy atom. The quantitative estimate of drug-likeness (QED) is 0.283. The summed E-state index contributed by atoms with van der Waals surface area (Å²) in [6.45, 7) is 1.93. The summed E-state index contributed by atoms with van der Waals surface area (Å²) in [7, 11) is -1.68. The molecule has 0 aliphatic heterocycles. The smallest absolute Gasteiger partial charge is 0.107 e. The van der Waals surface area contributed by atoms with Crippen molar-refractivity contribution >= 4 is 7.80 Å². The van der Waals surface area contributed by atoms with Gasteiger partial charge in [0, 0.05) is 12.7 Å². The van der Waals surface area contributed by atoms with E-state index < -0.39 is 26.1 Å². The number of rotatable bonds is 10. The van der Waals surface area contributed by atoms with E-state index in [9.17, 15) is 19.9 Å². The summed E-state index contributed by atoms with van der Waals surface area (Å²) in [4.78, 5) is 5.17. The summed E-state index contributed by atoms with van der Waals surface area (Å²) in [5.74, 6) is 0. The van der Waals surface area contributed by atoms with Gasteiger partial charge in [0.05, 0.1) is 26.6 Å². The Kier molecular flexibility index (Phi) is 8.76. The number of nitrogens with one attached hydrogen (secondary N) is 1. The van der Waals surface area contributed by atoms with Gasteiger partial charge in [0.2, 0.25) is 0 Å². The molecule has 1 rings (SSSR count). The molecule has 120 valence electrons. The van der Waals surface area contributed by atoms with Gasteiger partial charge in [-0.15, -0.1) is 0 Å². The average Bonchev–Trinajstić information content (AvgIpc) is 2.49. The van der Waals surface area contributed by atoms with Crippen LogP contribution in [0.4, 0.5) is 0 Å². The van der Waals surface area contributed by atoms with Gasteiger partial charge in [0.1, 0.15) is 6.10 Å². The Balaban J connectivity index is 2.20. The summed E-state index contributed by atoms with van der Waals surface area (Å²) >= 11 is 0. The van der Waals surface area contributed by atoms with Crippen LogP contribution in [0, 0.1) is 0 Å². The number of aliphatic hydroxyl groups excluding tert-OH is 3. The molecule has 0 aliphatic carbocycles. The van der Waals surface area contributed by atoms with Gasteiger partial charge in [-0.25, -0.2) is 0 Å². The fraction of sp³-hybridized carbons (Fsp3) is 0.571. The van der Waals surface area contributed by atoms with Crippen LogP contribution in [0.25, 0.3) is 0 Å². The van der Waals surface area contributed by atoms with Crippen LogP contribution in [-0.4, -0.2) is 53.0 Å². The summed E-state index contributed by atoms with van der Waals surface area (Å²) in [5.41, 5.74) is 3.54. The third-order valence-electron chi connectivity index (χ3n) is 3.06. The minimum Gasteiger partial charge on any atom is -0.390 e. The third kappa shape index (κ3) is 7.71. The van der Waals surface area contributed by atoms with E-state index in [0.29, 0.717) is 12.8 Å². The van der Waals surface area contributed by atoms with E-state index in [4.69, 9.17) is 4.84 Å². The predicted molar refractivity (Wildman–Crippen MR) is 81.7 cm³/mol. The lowest BCUT2D eigenvalue weighted by Crippen LogP contribution is -2.43. The molecule has 0 aliphatic rings. The number of hydroxylamine groups is 1. The molecule has 0 saturated heterocycles. The van der Waals surface area contributed by atoms with Crippen molar-refractivity contribution in [1.82, 2.24) is 5.48 Å². The van der Waals surface area contributed by atoms with E-state index in [0.717, 1.165) is 5.56 Å². The molecule has 1 unspecified atom stereocenters. The van der Waals surface area contributed by atoms with Crippen molar-refractivity contribution in [2.75, 3.05) is 19.4 Å². The van der Waals surface area contributed by atoms with E-state index in [1.54, 1.807) is 6.66 Å². The number of aliphatic hydroxyl groups is 3. The lowest BCUT2D eigenvalue weighted by atomic mass is 10.1. The first-order valence-corrected chi connectivity index (χ1v) is 9.04. The number of hydrogen-bond donors (Lipinski definition) is 4. The first-order chi connectivity index (χ1) is 10.0. The zero-order valence-corrected chi connectivity index (χ0v) is 13.1. The topological polar surface area (TPSA) is 99.0 Å². The Hall–Kier alpha value is -0.750. The van der Waals surface area contributed by atoms with Crippen molar-refractivity contribution in [3.8, 4) is 0 Å². The van der Waals surface area contributed by atoms with E-state index in [1.165, 1.54) is 0 Å². The van der Waals surface area contributed by atoms with Gasteiger partial charge in [-0.05, 0) is 18.6 Å². The monoisotopic (exact) mass is 317 g/mol. The highest BCUT2D eigenvalue weighted by Crippen LogP contribution is 2.17. The van der Waals surface area contributed by atoms with E-state index in [2.05, 4.69) is 5.48 Å². The molecule has 4 atom stereocenters. The van der Waals surface area contributed by atoms with Crippen molar-refractivity contribution in [2.24, 2.45) is 0 Å². The molecule has 0 amide bonds. The highest BCUT2D eigenvalue weighted by molar-refractivity contribution is 7.43. The molecule has 0 spiro atoms. The highest BCUT2D eigenvalue weighted by atomic mass is 31.1. The van der Waals surface area contributed by atoms with Crippen molar-refractivity contribution in [2.45, 2.75) is 31.3 Å². The molecule has 0 bridgehead atoms. The zero-order valence-electron chi connectivity index (χ0n) is 12.1. The van der Waals surface area contributed by atoms with Crippen molar-refractivity contribution in [1.29, 1.82) is 0 Å². The van der Waals surface area contributed by atoms with Gasteiger partial charge in [0.15, 0.2) is 0 Å². The van der Waals surface area contributed by atoms with Crippen molar-refractivity contribution in [3.63, 3.8) is 0 Å². The molecule has 7 heteroatoms. The molecule has 21 heavy (non-hydrogen) atoms. The van der Waals surface area contributed by atoms with Crippen LogP contribution in [0.5, 0.6) is 0 Å². The van der Waals surface area contributed by atoms with Gasteiger partial charge in [0.25, 0.3) is 0 Å². The second-order valence-corrected chi connectivity index (χ2v) is 6.89. The molecule has 1 aromatic rings. The SMILES string of the molecule is C[PH](=O)CC[C@@H](O)[C@@H](O)[C@@H](O)CNOCc1ccccc1. The van der Waals surface area contributed by atoms with Crippen LogP contribution in [0.15, 0.2) is 30.3 Å². The van der Waals surface area contributed by atoms with Crippen LogP contribution in [0.3, 0.4) is 0 Å². The maximum atomic E-state index is 11.0. The normalized spacial score (nSPS) is 17.1. The first-order valence-electron chi connectivity index (χ1n) is 6.93. The molecule has 6 nitrogen and oxygen atoms in total. The molecule has 0 radical (unpaired) electrons. The standard InChI is InChI=1S/C14H24NO5P/c1-21(19)8-7-12(16)14(18)13(17)9-15-20-10-11-5-3-2-4-6-11/h2-6,12-18,21H,7-10H2,1H3/t12-,13+,14-/m1/s1. The summed E-state index contributed by atoms with van der Waals surface area (Å²) in [6.07, 6.45) is -2.98. The molecule has 1 aromatic carbocycles. The lowest BCUT2D eigenvalue weighted by molar-refractivity contribution is -0.0786. The minimum atomic E-state index is -1.68. The van der Waals surface area contributed by atoms with Gasteiger partial charge < -0.3 is 19.9 Å². The van der Waals surface area contributed by atoms with Gasteiger partial charge >= 0.3 is 0 Å². The molecular formula is C14H24NO5P. The van der Waals surface area contributed by atoms with Crippen molar-refractivity contribution in [3.05, 3.63) is 35.9 Å². The van der Waals surface area contributed by atoms with Crippen LogP contribution in [0.2, 0.25) is 0 Å². The van der Waals surface area contributed by atoms with E-state index >= 15 is 0 Å². The fourth-order valence-electron chi connectivity index (χ4n) is 1.75. The Morgan fingerprint density at radius 1 is 1.19 bits per heavy atom. The van der Waals surface area contributed by atoms with Crippen LogP contribution >= 0.6 is 7.80 Å². The maximum Gasteiger partial charge on any atom is 0.107 e. The van der Waals surface area contributed by atoms with Gasteiger partial charge in [-0.3, -0.25) is 4.84 Å². The molecule has 0 aromatic heterocycles. The largest absolute Gasteiger partial charge is 0.390 e. The molecule has 0 heterocycles. The Morgan fingerprint density at radius 3 is 2.48 bits per heavy atom. The third-order valence-corrected chi connectivity index (χ3v) is 4.05. The van der Waals surface area contributed by atoms with Crippen LogP contribution < -0.4 is 5.48 Å². The number of benzene rings is 1. The molecule has 0 saturated carbocycles. The van der Waals surface area contributed by atoms with Crippen molar-refractivity contribution < 1.29 is 24.7 Å². The molecule has 4 N–H and O–H groups in total. The van der Waals surface area contributed by atoms with E-state index in [-0.39, 0.29) is 13.0 Å². The Bertz CT molecular complexity index is 417. The number of hydrogen-bond acceptors (Lipinski definition) is 6. The molecular weight excluding hydrogens is 293 g/mol. The summed E-state index contributed by atoms with van der Waals surface area (Å²) in [6, 6.07) is 9.51. The first kappa shape index (κ1) is 18.3. The average molecular weight is 317 g/mol. The summed E-state index contributed by atoms with van der Waals surface area (Å²) in [5, 5.41) is 29.1. The second kappa shape index (κ2) is 10.1. The van der Waals surface area contributed by atoms with Gasteiger partial charge in [-0.1, -0.05) is 30.3 Å². The van der Waals surface area contributed by atoms with Crippen LogP contribution in [-0.2, 0) is 16.0 Å².